The molecule has 1 atom stereocenters. The second kappa shape index (κ2) is 8.02. The lowest BCUT2D eigenvalue weighted by Crippen LogP contribution is -2.20. The number of carbonyl (C=O) groups excluding carboxylic acids is 1. The van der Waals surface area contributed by atoms with Gasteiger partial charge < -0.3 is 5.32 Å². The molecule has 0 radical (unpaired) electrons. The monoisotopic (exact) mass is 447 g/mol. The third-order valence-corrected chi connectivity index (χ3v) is 6.13. The van der Waals surface area contributed by atoms with Gasteiger partial charge in [-0.15, -0.1) is 16.4 Å². The quantitative estimate of drug-likeness (QED) is 0.426. The minimum absolute atomic E-state index is 0.178. The fourth-order valence-corrected chi connectivity index (χ4v) is 4.16. The fourth-order valence-electron chi connectivity index (χ4n) is 3.42. The van der Waals surface area contributed by atoms with Crippen molar-refractivity contribution in [2.45, 2.75) is 13.0 Å². The van der Waals surface area contributed by atoms with Crippen molar-refractivity contribution in [3.05, 3.63) is 98.7 Å². The first-order valence-corrected chi connectivity index (χ1v) is 11.0. The zero-order valence-corrected chi connectivity index (χ0v) is 18.1. The van der Waals surface area contributed by atoms with Crippen LogP contribution in [0.1, 0.15) is 32.4 Å². The second-order valence-electron chi connectivity index (χ2n) is 7.20. The van der Waals surface area contributed by atoms with E-state index < -0.39 is 0 Å². The summed E-state index contributed by atoms with van der Waals surface area (Å²) in [7, 11) is 0. The van der Waals surface area contributed by atoms with Crippen molar-refractivity contribution in [1.82, 2.24) is 14.8 Å². The standard InChI is InChI=1S/C23H18ClN5OS/c1-14-4-6-16(7-5-14)19-13-18(15-8-10-17(24)11-9-15)25-23-27-22(28-29(19)23)26-21(30)20-3-2-12-31-20/h2-13,19H,1H3,(H2,25,26,27,28,30). The molecule has 2 N–H and O–H groups in total. The molecule has 0 saturated carbocycles. The normalized spacial score (nSPS) is 15.0. The minimum Gasteiger partial charge on any atom is -0.324 e. The van der Waals surface area contributed by atoms with Crippen molar-refractivity contribution >= 4 is 46.4 Å². The van der Waals surface area contributed by atoms with E-state index in [1.54, 1.807) is 10.7 Å². The Morgan fingerprint density at radius 3 is 2.61 bits per heavy atom. The van der Waals surface area contributed by atoms with Crippen molar-refractivity contribution in [2.24, 2.45) is 0 Å². The maximum absolute atomic E-state index is 12.5. The molecule has 4 aromatic rings. The summed E-state index contributed by atoms with van der Waals surface area (Å²) < 4.78 is 1.79. The van der Waals surface area contributed by atoms with Gasteiger partial charge in [0.25, 0.3) is 11.9 Å². The Bertz CT molecular complexity index is 1260. The SMILES string of the molecule is Cc1ccc(C2C=C(c3ccc(Cl)cc3)Nc3nc(NC(=O)c4cccs4)nn32)cc1. The van der Waals surface area contributed by atoms with Crippen LogP contribution in [0.15, 0.2) is 72.1 Å². The zero-order chi connectivity index (χ0) is 21.4. The highest BCUT2D eigenvalue weighted by molar-refractivity contribution is 7.12. The number of allylic oxidation sites excluding steroid dienone is 1. The highest BCUT2D eigenvalue weighted by Gasteiger charge is 2.26. The van der Waals surface area contributed by atoms with E-state index in [-0.39, 0.29) is 17.9 Å². The summed E-state index contributed by atoms with van der Waals surface area (Å²) in [5.74, 6) is 0.582. The van der Waals surface area contributed by atoms with Crippen LogP contribution in [0.2, 0.25) is 5.02 Å². The Balaban J connectivity index is 1.53. The summed E-state index contributed by atoms with van der Waals surface area (Å²) >= 11 is 7.43. The molecule has 1 aliphatic heterocycles. The summed E-state index contributed by atoms with van der Waals surface area (Å²) in [6.45, 7) is 2.06. The molecule has 0 saturated heterocycles. The number of carbonyl (C=O) groups is 1. The number of rotatable bonds is 4. The number of hydrogen-bond donors (Lipinski definition) is 2. The lowest BCUT2D eigenvalue weighted by molar-refractivity contribution is 0.102. The van der Waals surface area contributed by atoms with Crippen LogP contribution >= 0.6 is 22.9 Å². The van der Waals surface area contributed by atoms with Crippen molar-refractivity contribution < 1.29 is 4.79 Å². The molecule has 2 aromatic carbocycles. The molecule has 0 fully saturated rings. The molecule has 1 unspecified atom stereocenters. The third kappa shape index (κ3) is 3.97. The predicted octanol–water partition coefficient (Wildman–Crippen LogP) is 5.61. The number of nitrogens with one attached hydrogen (secondary N) is 2. The van der Waals surface area contributed by atoms with E-state index in [0.29, 0.717) is 15.8 Å². The van der Waals surface area contributed by atoms with Gasteiger partial charge in [0.15, 0.2) is 0 Å². The third-order valence-electron chi connectivity index (χ3n) is 5.01. The van der Waals surface area contributed by atoms with Gasteiger partial charge in [-0.25, -0.2) is 4.68 Å². The number of amides is 1. The Morgan fingerprint density at radius 1 is 1.13 bits per heavy atom. The largest absolute Gasteiger partial charge is 0.324 e. The van der Waals surface area contributed by atoms with Crippen LogP contribution in [0.3, 0.4) is 0 Å². The van der Waals surface area contributed by atoms with Crippen LogP contribution in [-0.2, 0) is 0 Å². The number of halogens is 1. The van der Waals surface area contributed by atoms with E-state index in [1.807, 2.05) is 35.7 Å². The molecule has 0 bridgehead atoms. The van der Waals surface area contributed by atoms with E-state index in [4.69, 9.17) is 11.6 Å². The molecule has 5 rings (SSSR count). The van der Waals surface area contributed by atoms with Gasteiger partial charge in [-0.3, -0.25) is 10.1 Å². The van der Waals surface area contributed by atoms with Crippen LogP contribution in [-0.4, -0.2) is 20.7 Å². The van der Waals surface area contributed by atoms with E-state index in [9.17, 15) is 4.79 Å². The number of aryl methyl sites for hydroxylation is 1. The molecule has 3 heterocycles. The van der Waals surface area contributed by atoms with Crippen LogP contribution < -0.4 is 10.6 Å². The molecular formula is C23H18ClN5OS. The maximum atomic E-state index is 12.5. The van der Waals surface area contributed by atoms with Crippen molar-refractivity contribution in [3.63, 3.8) is 0 Å². The van der Waals surface area contributed by atoms with Gasteiger partial charge in [0, 0.05) is 10.7 Å². The number of fused-ring (bicyclic) bond motifs is 1. The van der Waals surface area contributed by atoms with Gasteiger partial charge in [0.1, 0.15) is 6.04 Å². The first-order valence-electron chi connectivity index (χ1n) is 9.69. The van der Waals surface area contributed by atoms with E-state index >= 15 is 0 Å². The number of thiophene rings is 1. The lowest BCUT2D eigenvalue weighted by Gasteiger charge is -2.24. The maximum Gasteiger partial charge on any atom is 0.268 e. The fraction of sp³-hybridized carbons (Fsp3) is 0.0870. The topological polar surface area (TPSA) is 71.8 Å². The second-order valence-corrected chi connectivity index (χ2v) is 8.59. The smallest absolute Gasteiger partial charge is 0.268 e. The van der Waals surface area contributed by atoms with E-state index in [2.05, 4.69) is 58.0 Å². The van der Waals surface area contributed by atoms with Crippen LogP contribution in [0, 0.1) is 6.92 Å². The highest BCUT2D eigenvalue weighted by Crippen LogP contribution is 2.33. The average Bonchev–Trinajstić information content (AvgIpc) is 3.44. The molecule has 1 aliphatic rings. The predicted molar refractivity (Wildman–Crippen MR) is 125 cm³/mol. The molecule has 0 aliphatic carbocycles. The van der Waals surface area contributed by atoms with Crippen LogP contribution in [0.4, 0.5) is 11.9 Å². The number of aromatic nitrogens is 3. The summed E-state index contributed by atoms with van der Waals surface area (Å²) in [6, 6.07) is 19.4. The molecular weight excluding hydrogens is 430 g/mol. The zero-order valence-electron chi connectivity index (χ0n) is 16.5. The van der Waals surface area contributed by atoms with Gasteiger partial charge in [0.2, 0.25) is 5.95 Å². The molecule has 0 spiro atoms. The van der Waals surface area contributed by atoms with E-state index in [0.717, 1.165) is 16.8 Å². The van der Waals surface area contributed by atoms with Crippen molar-refractivity contribution in [1.29, 1.82) is 0 Å². The molecule has 31 heavy (non-hydrogen) atoms. The summed E-state index contributed by atoms with van der Waals surface area (Å²) in [6.07, 6.45) is 2.10. The minimum atomic E-state index is -0.226. The van der Waals surface area contributed by atoms with E-state index in [1.165, 1.54) is 16.9 Å². The highest BCUT2D eigenvalue weighted by atomic mass is 35.5. The number of benzene rings is 2. The van der Waals surface area contributed by atoms with Gasteiger partial charge in [-0.2, -0.15) is 4.98 Å². The number of anilines is 2. The Hall–Kier alpha value is -3.42. The van der Waals surface area contributed by atoms with Crippen molar-refractivity contribution in [3.8, 4) is 0 Å². The average molecular weight is 448 g/mol. The van der Waals surface area contributed by atoms with Crippen molar-refractivity contribution in [2.75, 3.05) is 10.6 Å². The van der Waals surface area contributed by atoms with Crippen LogP contribution in [0.25, 0.3) is 5.70 Å². The lowest BCUT2D eigenvalue weighted by atomic mass is 10.0. The summed E-state index contributed by atoms with van der Waals surface area (Å²) in [5.41, 5.74) is 4.14. The summed E-state index contributed by atoms with van der Waals surface area (Å²) in [5, 5.41) is 13.2. The Kier molecular flexibility index (Phi) is 5.05. The van der Waals surface area contributed by atoms with Crippen LogP contribution in [0.5, 0.6) is 0 Å². The summed E-state index contributed by atoms with van der Waals surface area (Å²) in [4.78, 5) is 17.6. The first kappa shape index (κ1) is 19.5. The number of nitrogens with zero attached hydrogens (tertiary/aromatic N) is 3. The van der Waals surface area contributed by atoms with Gasteiger partial charge in [-0.05, 0) is 47.7 Å². The van der Waals surface area contributed by atoms with Gasteiger partial charge in [0.05, 0.1) is 4.88 Å². The Labute approximate surface area is 188 Å². The van der Waals surface area contributed by atoms with Gasteiger partial charge >= 0.3 is 0 Å². The Morgan fingerprint density at radius 2 is 1.90 bits per heavy atom. The molecule has 8 heteroatoms. The molecule has 6 nitrogen and oxygen atoms in total. The molecule has 1 amide bonds. The van der Waals surface area contributed by atoms with Gasteiger partial charge in [-0.1, -0.05) is 59.6 Å². The number of hydrogen-bond acceptors (Lipinski definition) is 5. The molecule has 154 valence electrons. The first-order chi connectivity index (χ1) is 15.1. The molecule has 2 aromatic heterocycles.